The summed E-state index contributed by atoms with van der Waals surface area (Å²) in [5.41, 5.74) is 0. The van der Waals surface area contributed by atoms with Crippen molar-refractivity contribution in [3.63, 3.8) is 0 Å². The number of nitrogens with one attached hydrogen (secondary N) is 1. The second-order valence-electron chi connectivity index (χ2n) is 3.45. The summed E-state index contributed by atoms with van der Waals surface area (Å²) in [6.07, 6.45) is 1.66. The molecule has 1 unspecified atom stereocenters. The lowest BCUT2D eigenvalue weighted by Gasteiger charge is -2.17. The van der Waals surface area contributed by atoms with Crippen molar-refractivity contribution in [1.29, 1.82) is 0 Å². The fraction of sp³-hybridized carbons (Fsp3) is 0.636. The molecule has 0 fully saturated rings. The summed E-state index contributed by atoms with van der Waals surface area (Å²) in [4.78, 5) is 1.36. The maximum atomic E-state index is 9.44. The van der Waals surface area contributed by atoms with Gasteiger partial charge in [-0.15, -0.1) is 11.3 Å². The fourth-order valence-electron chi connectivity index (χ4n) is 1.36. The number of rotatable bonds is 6. The summed E-state index contributed by atoms with van der Waals surface area (Å²) in [5, 5.41) is 14.9. The zero-order chi connectivity index (χ0) is 10.4. The molecule has 1 rings (SSSR count). The topological polar surface area (TPSA) is 32.3 Å². The van der Waals surface area contributed by atoms with E-state index in [0.29, 0.717) is 12.6 Å². The first-order valence-corrected chi connectivity index (χ1v) is 6.10. The zero-order valence-electron chi connectivity index (χ0n) is 8.86. The quantitative estimate of drug-likeness (QED) is 0.761. The molecule has 0 radical (unpaired) electrons. The average Bonchev–Trinajstić information content (AvgIpc) is 2.72. The summed E-state index contributed by atoms with van der Waals surface area (Å²) >= 11 is 1.77. The minimum Gasteiger partial charge on any atom is -0.392 e. The highest BCUT2D eigenvalue weighted by atomic mass is 32.1. The van der Waals surface area contributed by atoms with Crippen molar-refractivity contribution in [2.75, 3.05) is 6.54 Å². The Morgan fingerprint density at radius 2 is 2.21 bits per heavy atom. The molecule has 1 aromatic rings. The number of hydrogen-bond donors (Lipinski definition) is 2. The van der Waals surface area contributed by atoms with E-state index < -0.39 is 0 Å². The van der Waals surface area contributed by atoms with Gasteiger partial charge in [0.05, 0.1) is 6.10 Å². The molecule has 2 N–H and O–H groups in total. The van der Waals surface area contributed by atoms with E-state index in [-0.39, 0.29) is 6.10 Å². The third-order valence-corrected chi connectivity index (χ3v) is 3.35. The normalized spacial score (nSPS) is 15.4. The van der Waals surface area contributed by atoms with E-state index >= 15 is 0 Å². The van der Waals surface area contributed by atoms with Crippen LogP contribution in [0.1, 0.15) is 37.6 Å². The first-order valence-electron chi connectivity index (χ1n) is 5.22. The monoisotopic (exact) mass is 213 g/mol. The van der Waals surface area contributed by atoms with Gasteiger partial charge in [-0.1, -0.05) is 19.9 Å². The van der Waals surface area contributed by atoms with Gasteiger partial charge in [0.1, 0.15) is 0 Å². The molecule has 0 saturated carbocycles. The molecule has 0 amide bonds. The third-order valence-electron chi connectivity index (χ3n) is 2.37. The third kappa shape index (κ3) is 3.40. The molecule has 0 bridgehead atoms. The predicted octanol–water partition coefficient (Wildman–Crippen LogP) is 2.56. The van der Waals surface area contributed by atoms with Crippen molar-refractivity contribution in [1.82, 2.24) is 5.32 Å². The lowest BCUT2D eigenvalue weighted by Crippen LogP contribution is -2.29. The highest BCUT2D eigenvalue weighted by molar-refractivity contribution is 7.10. The molecule has 2 atom stereocenters. The first kappa shape index (κ1) is 11.7. The number of aliphatic hydroxyl groups is 1. The van der Waals surface area contributed by atoms with Crippen LogP contribution in [0.2, 0.25) is 0 Å². The summed E-state index contributed by atoms with van der Waals surface area (Å²) in [6.45, 7) is 4.85. The van der Waals surface area contributed by atoms with Crippen LogP contribution in [0, 0.1) is 0 Å². The van der Waals surface area contributed by atoms with Crippen LogP contribution in [0.4, 0.5) is 0 Å². The van der Waals surface area contributed by atoms with Gasteiger partial charge in [0.25, 0.3) is 0 Å². The van der Waals surface area contributed by atoms with Gasteiger partial charge >= 0.3 is 0 Å². The van der Waals surface area contributed by atoms with Crippen LogP contribution in [-0.2, 0) is 0 Å². The summed E-state index contributed by atoms with van der Waals surface area (Å²) < 4.78 is 0. The molecule has 0 aliphatic rings. The lowest BCUT2D eigenvalue weighted by atomic mass is 10.1. The van der Waals surface area contributed by atoms with Crippen molar-refractivity contribution in [3.05, 3.63) is 22.4 Å². The van der Waals surface area contributed by atoms with Gasteiger partial charge in [-0.2, -0.15) is 0 Å². The second-order valence-corrected chi connectivity index (χ2v) is 4.43. The fourth-order valence-corrected chi connectivity index (χ4v) is 2.24. The Labute approximate surface area is 90.0 Å². The van der Waals surface area contributed by atoms with E-state index in [2.05, 4.69) is 29.8 Å². The number of hydrogen-bond acceptors (Lipinski definition) is 3. The largest absolute Gasteiger partial charge is 0.392 e. The highest BCUT2D eigenvalue weighted by Gasteiger charge is 2.10. The highest BCUT2D eigenvalue weighted by Crippen LogP contribution is 2.21. The molecular weight excluding hydrogens is 194 g/mol. The molecule has 14 heavy (non-hydrogen) atoms. The van der Waals surface area contributed by atoms with E-state index in [1.165, 1.54) is 4.88 Å². The van der Waals surface area contributed by atoms with E-state index in [9.17, 15) is 5.11 Å². The van der Waals surface area contributed by atoms with Crippen LogP contribution in [-0.4, -0.2) is 17.8 Å². The predicted molar refractivity (Wildman–Crippen MR) is 61.7 cm³/mol. The van der Waals surface area contributed by atoms with Crippen molar-refractivity contribution in [2.24, 2.45) is 0 Å². The standard InChI is InChI=1S/C11H19NOS/c1-3-9(13)8-12-10(4-2)11-6-5-7-14-11/h5-7,9-10,12-13H,3-4,8H2,1-2H3/t9-,10?/m1/s1. The van der Waals surface area contributed by atoms with Gasteiger partial charge < -0.3 is 10.4 Å². The van der Waals surface area contributed by atoms with Gasteiger partial charge in [-0.25, -0.2) is 0 Å². The zero-order valence-corrected chi connectivity index (χ0v) is 9.68. The average molecular weight is 213 g/mol. The van der Waals surface area contributed by atoms with Crippen LogP contribution in [0.15, 0.2) is 17.5 Å². The van der Waals surface area contributed by atoms with E-state index in [4.69, 9.17) is 0 Å². The summed E-state index contributed by atoms with van der Waals surface area (Å²) in [6, 6.07) is 4.61. The van der Waals surface area contributed by atoms with Crippen LogP contribution in [0.3, 0.4) is 0 Å². The van der Waals surface area contributed by atoms with Gasteiger partial charge in [-0.05, 0) is 24.3 Å². The molecule has 0 aliphatic carbocycles. The molecule has 0 spiro atoms. The molecule has 1 heterocycles. The Balaban J connectivity index is 2.40. The van der Waals surface area contributed by atoms with E-state index in [1.54, 1.807) is 11.3 Å². The Bertz CT molecular complexity index is 235. The Morgan fingerprint density at radius 3 is 2.71 bits per heavy atom. The van der Waals surface area contributed by atoms with E-state index in [1.807, 2.05) is 6.92 Å². The Hall–Kier alpha value is -0.380. The van der Waals surface area contributed by atoms with Crippen molar-refractivity contribution >= 4 is 11.3 Å². The molecule has 1 aromatic heterocycles. The van der Waals surface area contributed by atoms with Crippen molar-refractivity contribution in [2.45, 2.75) is 38.8 Å². The van der Waals surface area contributed by atoms with Crippen LogP contribution in [0.5, 0.6) is 0 Å². The Kier molecular flexibility index (Phi) is 5.15. The van der Waals surface area contributed by atoms with Gasteiger partial charge in [0, 0.05) is 17.5 Å². The molecule has 0 aromatic carbocycles. The maximum Gasteiger partial charge on any atom is 0.0662 e. The number of thiophene rings is 1. The Morgan fingerprint density at radius 1 is 1.43 bits per heavy atom. The summed E-state index contributed by atoms with van der Waals surface area (Å²) in [7, 11) is 0. The molecule has 0 aliphatic heterocycles. The van der Waals surface area contributed by atoms with E-state index in [0.717, 1.165) is 12.8 Å². The maximum absolute atomic E-state index is 9.44. The van der Waals surface area contributed by atoms with Gasteiger partial charge in [-0.3, -0.25) is 0 Å². The van der Waals surface area contributed by atoms with Crippen molar-refractivity contribution < 1.29 is 5.11 Å². The smallest absolute Gasteiger partial charge is 0.0662 e. The second kappa shape index (κ2) is 6.17. The molecule has 80 valence electrons. The van der Waals surface area contributed by atoms with Gasteiger partial charge in [0.2, 0.25) is 0 Å². The van der Waals surface area contributed by atoms with Crippen molar-refractivity contribution in [3.8, 4) is 0 Å². The van der Waals surface area contributed by atoms with Crippen LogP contribution >= 0.6 is 11.3 Å². The lowest BCUT2D eigenvalue weighted by molar-refractivity contribution is 0.162. The number of aliphatic hydroxyl groups excluding tert-OH is 1. The van der Waals surface area contributed by atoms with Crippen LogP contribution in [0.25, 0.3) is 0 Å². The first-order chi connectivity index (χ1) is 6.77. The summed E-state index contributed by atoms with van der Waals surface area (Å²) in [5.74, 6) is 0. The van der Waals surface area contributed by atoms with Gasteiger partial charge in [0.15, 0.2) is 0 Å². The minimum absolute atomic E-state index is 0.219. The molecule has 0 saturated heterocycles. The molecule has 3 heteroatoms. The van der Waals surface area contributed by atoms with Crippen LogP contribution < -0.4 is 5.32 Å². The SMILES string of the molecule is CCC(NC[C@H](O)CC)c1cccs1. The molecule has 2 nitrogen and oxygen atoms in total. The minimum atomic E-state index is -0.219. The molecular formula is C11H19NOS.